The van der Waals surface area contributed by atoms with E-state index < -0.39 is 10.0 Å². The van der Waals surface area contributed by atoms with Crippen molar-refractivity contribution in [1.82, 2.24) is 14.8 Å². The van der Waals surface area contributed by atoms with E-state index >= 15 is 0 Å². The molecule has 3 aromatic rings. The van der Waals surface area contributed by atoms with E-state index in [2.05, 4.69) is 10.5 Å². The Morgan fingerprint density at radius 1 is 1.13 bits per heavy atom. The first kappa shape index (κ1) is 22.4. The number of nitrogens with zero attached hydrogens (tertiary/aromatic N) is 2. The number of hydrogen-bond acceptors (Lipinski definition) is 6. The molecule has 0 bridgehead atoms. The van der Waals surface area contributed by atoms with Gasteiger partial charge in [-0.1, -0.05) is 16.8 Å². The molecule has 1 aliphatic heterocycles. The fourth-order valence-electron chi connectivity index (χ4n) is 3.68. The molecular formula is C22H24ClN3O3S2. The van der Waals surface area contributed by atoms with Gasteiger partial charge in [0.15, 0.2) is 5.76 Å². The number of thioether (sulfide) groups is 1. The van der Waals surface area contributed by atoms with E-state index in [0.717, 1.165) is 36.4 Å². The van der Waals surface area contributed by atoms with Crippen molar-refractivity contribution in [3.05, 3.63) is 65.3 Å². The third-order valence-electron chi connectivity index (χ3n) is 5.39. The highest BCUT2D eigenvalue weighted by molar-refractivity contribution is 7.98. The Hall–Kier alpha value is -1.84. The molecule has 164 valence electrons. The average molecular weight is 478 g/mol. The third-order valence-corrected chi connectivity index (χ3v) is 8.30. The molecule has 2 heterocycles. The van der Waals surface area contributed by atoms with Gasteiger partial charge in [-0.2, -0.15) is 4.31 Å². The molecular weight excluding hydrogens is 454 g/mol. The summed E-state index contributed by atoms with van der Waals surface area (Å²) < 4.78 is 34.2. The SMILES string of the molecule is CSc1ccc(S(=O)(=O)N(Cc2cc(-c3ccc(Cl)cc3)on2)C2CCNCC2)cc1. The van der Waals surface area contributed by atoms with Gasteiger partial charge in [0.2, 0.25) is 10.0 Å². The van der Waals surface area contributed by atoms with E-state index in [9.17, 15) is 8.42 Å². The summed E-state index contributed by atoms with van der Waals surface area (Å²) in [6.45, 7) is 1.74. The number of hydrogen-bond donors (Lipinski definition) is 1. The van der Waals surface area contributed by atoms with Crippen molar-refractivity contribution in [2.75, 3.05) is 19.3 Å². The number of sulfonamides is 1. The van der Waals surface area contributed by atoms with Gasteiger partial charge in [0.25, 0.3) is 0 Å². The maximum absolute atomic E-state index is 13.6. The lowest BCUT2D eigenvalue weighted by atomic mass is 10.1. The minimum Gasteiger partial charge on any atom is -0.356 e. The summed E-state index contributed by atoms with van der Waals surface area (Å²) in [5.74, 6) is 0.582. The summed E-state index contributed by atoms with van der Waals surface area (Å²) in [5.41, 5.74) is 1.42. The van der Waals surface area contributed by atoms with Crippen molar-refractivity contribution in [2.45, 2.75) is 35.2 Å². The van der Waals surface area contributed by atoms with Gasteiger partial charge >= 0.3 is 0 Å². The summed E-state index contributed by atoms with van der Waals surface area (Å²) in [7, 11) is -3.69. The van der Waals surface area contributed by atoms with Gasteiger partial charge in [0.1, 0.15) is 0 Å². The lowest BCUT2D eigenvalue weighted by Crippen LogP contribution is -2.45. The first-order valence-electron chi connectivity index (χ1n) is 10.1. The van der Waals surface area contributed by atoms with E-state index in [-0.39, 0.29) is 12.6 Å². The first-order chi connectivity index (χ1) is 15.0. The fourth-order valence-corrected chi connectivity index (χ4v) is 5.87. The zero-order valence-electron chi connectivity index (χ0n) is 17.1. The van der Waals surface area contributed by atoms with Crippen molar-refractivity contribution < 1.29 is 12.9 Å². The van der Waals surface area contributed by atoms with Crippen LogP contribution in [0.25, 0.3) is 11.3 Å². The van der Waals surface area contributed by atoms with Gasteiger partial charge in [-0.15, -0.1) is 11.8 Å². The highest BCUT2D eigenvalue weighted by atomic mass is 35.5. The molecule has 0 atom stereocenters. The molecule has 4 rings (SSSR count). The predicted molar refractivity (Wildman–Crippen MR) is 124 cm³/mol. The molecule has 0 saturated carbocycles. The minimum absolute atomic E-state index is 0.0952. The van der Waals surface area contributed by atoms with Crippen LogP contribution >= 0.6 is 23.4 Å². The van der Waals surface area contributed by atoms with Crippen LogP contribution in [0.15, 0.2) is 68.9 Å². The van der Waals surface area contributed by atoms with Crippen LogP contribution < -0.4 is 5.32 Å². The van der Waals surface area contributed by atoms with Crippen LogP contribution in [0.5, 0.6) is 0 Å². The highest BCUT2D eigenvalue weighted by Crippen LogP contribution is 2.28. The van der Waals surface area contributed by atoms with Crippen LogP contribution in [0, 0.1) is 0 Å². The number of halogens is 1. The van der Waals surface area contributed by atoms with Crippen molar-refractivity contribution in [3.8, 4) is 11.3 Å². The van der Waals surface area contributed by atoms with Crippen molar-refractivity contribution in [2.24, 2.45) is 0 Å². The molecule has 31 heavy (non-hydrogen) atoms. The summed E-state index contributed by atoms with van der Waals surface area (Å²) in [6.07, 6.45) is 3.47. The lowest BCUT2D eigenvalue weighted by molar-refractivity contribution is 0.251. The highest BCUT2D eigenvalue weighted by Gasteiger charge is 2.33. The Balaban J connectivity index is 1.63. The molecule has 1 saturated heterocycles. The Kier molecular flexibility index (Phi) is 7.03. The topological polar surface area (TPSA) is 75.4 Å². The van der Waals surface area contributed by atoms with Crippen LogP contribution in [0.4, 0.5) is 0 Å². The minimum atomic E-state index is -3.69. The Morgan fingerprint density at radius 2 is 1.81 bits per heavy atom. The quantitative estimate of drug-likeness (QED) is 0.499. The van der Waals surface area contributed by atoms with Gasteiger partial charge in [0.05, 0.1) is 17.1 Å². The van der Waals surface area contributed by atoms with E-state index in [1.807, 2.05) is 30.5 Å². The zero-order valence-corrected chi connectivity index (χ0v) is 19.5. The average Bonchev–Trinajstić information content (AvgIpc) is 3.27. The van der Waals surface area contributed by atoms with Crippen molar-refractivity contribution in [3.63, 3.8) is 0 Å². The Morgan fingerprint density at radius 3 is 2.45 bits per heavy atom. The predicted octanol–water partition coefficient (Wildman–Crippen LogP) is 4.66. The first-order valence-corrected chi connectivity index (χ1v) is 13.1. The Labute approximate surface area is 192 Å². The largest absolute Gasteiger partial charge is 0.356 e. The number of piperidine rings is 1. The normalized spacial score (nSPS) is 15.5. The molecule has 0 spiro atoms. The summed E-state index contributed by atoms with van der Waals surface area (Å²) in [4.78, 5) is 1.32. The Bertz CT molecular complexity index is 1110. The number of benzene rings is 2. The molecule has 2 aromatic carbocycles. The van der Waals surface area contributed by atoms with Crippen LogP contribution in [0.2, 0.25) is 5.02 Å². The van der Waals surface area contributed by atoms with Gasteiger partial charge in [-0.25, -0.2) is 8.42 Å². The standard InChI is InChI=1S/C22H24ClN3O3S2/c1-30-20-6-8-21(9-7-20)31(27,28)26(19-10-12-24-13-11-19)15-18-14-22(29-25-18)16-2-4-17(23)5-3-16/h2-9,14,19,24H,10-13,15H2,1H3. The van der Waals surface area contributed by atoms with Crippen molar-refractivity contribution >= 4 is 33.4 Å². The molecule has 0 unspecified atom stereocenters. The second-order valence-corrected chi connectivity index (χ2v) is 10.6. The zero-order chi connectivity index (χ0) is 21.8. The molecule has 0 radical (unpaired) electrons. The van der Waals surface area contributed by atoms with Gasteiger partial charge < -0.3 is 9.84 Å². The smallest absolute Gasteiger partial charge is 0.243 e. The number of nitrogens with one attached hydrogen (secondary N) is 1. The molecule has 1 aromatic heterocycles. The third kappa shape index (κ3) is 5.15. The fraction of sp³-hybridized carbons (Fsp3) is 0.318. The van der Waals surface area contributed by atoms with Crippen LogP contribution in [0.1, 0.15) is 18.5 Å². The molecule has 6 nitrogen and oxygen atoms in total. The summed E-state index contributed by atoms with van der Waals surface area (Å²) >= 11 is 7.54. The molecule has 1 fully saturated rings. The second kappa shape index (κ2) is 9.75. The van der Waals surface area contributed by atoms with E-state index in [1.165, 1.54) is 0 Å². The maximum Gasteiger partial charge on any atom is 0.243 e. The van der Waals surface area contributed by atoms with Crippen LogP contribution in [0.3, 0.4) is 0 Å². The van der Waals surface area contributed by atoms with E-state index in [4.69, 9.17) is 16.1 Å². The van der Waals surface area contributed by atoms with Crippen LogP contribution in [-0.4, -0.2) is 43.3 Å². The summed E-state index contributed by atoms with van der Waals surface area (Å²) in [5, 5.41) is 8.09. The molecule has 1 N–H and O–H groups in total. The summed E-state index contributed by atoms with van der Waals surface area (Å²) in [6, 6.07) is 16.0. The second-order valence-electron chi connectivity index (χ2n) is 7.40. The molecule has 1 aliphatic rings. The van der Waals surface area contributed by atoms with Gasteiger partial charge in [-0.3, -0.25) is 0 Å². The maximum atomic E-state index is 13.6. The molecule has 9 heteroatoms. The van der Waals surface area contributed by atoms with Gasteiger partial charge in [-0.05, 0) is 80.7 Å². The van der Waals surface area contributed by atoms with Gasteiger partial charge in [0, 0.05) is 27.6 Å². The van der Waals surface area contributed by atoms with E-state index in [1.54, 1.807) is 46.4 Å². The van der Waals surface area contributed by atoms with Crippen LogP contribution in [-0.2, 0) is 16.6 Å². The number of rotatable bonds is 7. The monoisotopic (exact) mass is 477 g/mol. The van der Waals surface area contributed by atoms with Crippen molar-refractivity contribution in [1.29, 1.82) is 0 Å². The van der Waals surface area contributed by atoms with E-state index in [0.29, 0.717) is 21.4 Å². The lowest BCUT2D eigenvalue weighted by Gasteiger charge is -2.33. The molecule has 0 aliphatic carbocycles. The number of aromatic nitrogens is 1. The molecule has 0 amide bonds.